The van der Waals surface area contributed by atoms with Gasteiger partial charge in [0.05, 0.1) is 11.7 Å². The number of anilines is 1. The molecule has 2 N–H and O–H groups in total. The Kier molecular flexibility index (Phi) is 4.04. The summed E-state index contributed by atoms with van der Waals surface area (Å²) >= 11 is 0. The van der Waals surface area contributed by atoms with E-state index < -0.39 is 5.97 Å². The van der Waals surface area contributed by atoms with Crippen molar-refractivity contribution in [3.63, 3.8) is 0 Å². The van der Waals surface area contributed by atoms with Crippen LogP contribution in [0.1, 0.15) is 48.7 Å². The van der Waals surface area contributed by atoms with Gasteiger partial charge in [-0.3, -0.25) is 0 Å². The molecule has 2 rings (SSSR count). The molecule has 0 atom stereocenters. The number of aliphatic hydroxyl groups excluding tert-OH is 1. The van der Waals surface area contributed by atoms with Gasteiger partial charge in [-0.25, -0.2) is 9.78 Å². The highest BCUT2D eigenvalue weighted by Crippen LogP contribution is 2.23. The molecule has 5 nitrogen and oxygen atoms in total. The second kappa shape index (κ2) is 5.57. The van der Waals surface area contributed by atoms with Crippen LogP contribution in [0.2, 0.25) is 0 Å². The number of carboxylic acid groups (broad SMARTS) is 1. The van der Waals surface area contributed by atoms with Gasteiger partial charge in [-0.1, -0.05) is 13.8 Å². The summed E-state index contributed by atoms with van der Waals surface area (Å²) in [7, 11) is 0. The van der Waals surface area contributed by atoms with Crippen LogP contribution in [0.15, 0.2) is 12.1 Å². The smallest absolute Gasteiger partial charge is 0.335 e. The summed E-state index contributed by atoms with van der Waals surface area (Å²) < 4.78 is 0. The average molecular weight is 264 g/mol. The van der Waals surface area contributed by atoms with Crippen LogP contribution in [0.5, 0.6) is 0 Å². The minimum atomic E-state index is -0.928. The average Bonchev–Trinajstić information content (AvgIpc) is 2.39. The Balaban J connectivity index is 2.31. The number of hydrogen-bond acceptors (Lipinski definition) is 4. The van der Waals surface area contributed by atoms with E-state index in [9.17, 15) is 9.90 Å². The standard InChI is InChI=1S/C14H20N2O3/c1-9(2)12-7-10(14(18)19)8-13(15-12)16-5-3-11(17)4-6-16/h7-9,11,17H,3-6H2,1-2H3,(H,18,19). The minimum Gasteiger partial charge on any atom is -0.478 e. The van der Waals surface area contributed by atoms with Gasteiger partial charge >= 0.3 is 5.97 Å². The van der Waals surface area contributed by atoms with E-state index >= 15 is 0 Å². The summed E-state index contributed by atoms with van der Waals surface area (Å²) in [5.74, 6) is -0.0356. The van der Waals surface area contributed by atoms with E-state index in [2.05, 4.69) is 4.98 Å². The number of carboxylic acids is 1. The number of rotatable bonds is 3. The highest BCUT2D eigenvalue weighted by Gasteiger charge is 2.20. The maximum atomic E-state index is 11.2. The van der Waals surface area contributed by atoms with Crippen LogP contribution in [-0.4, -0.2) is 40.4 Å². The second-order valence-corrected chi connectivity index (χ2v) is 5.32. The van der Waals surface area contributed by atoms with Gasteiger partial charge < -0.3 is 15.1 Å². The first-order chi connectivity index (χ1) is 8.97. The van der Waals surface area contributed by atoms with Crippen molar-refractivity contribution in [3.05, 3.63) is 23.4 Å². The number of piperidine rings is 1. The molecule has 0 aliphatic carbocycles. The van der Waals surface area contributed by atoms with Gasteiger partial charge in [-0.15, -0.1) is 0 Å². The zero-order valence-corrected chi connectivity index (χ0v) is 11.3. The molecule has 0 unspecified atom stereocenters. The van der Waals surface area contributed by atoms with Crippen molar-refractivity contribution in [2.24, 2.45) is 0 Å². The summed E-state index contributed by atoms with van der Waals surface area (Å²) in [5, 5.41) is 18.7. The lowest BCUT2D eigenvalue weighted by Crippen LogP contribution is -2.36. The highest BCUT2D eigenvalue weighted by molar-refractivity contribution is 5.88. The number of hydrogen-bond donors (Lipinski definition) is 2. The number of carbonyl (C=O) groups is 1. The predicted molar refractivity (Wildman–Crippen MR) is 72.7 cm³/mol. The molecule has 0 saturated carbocycles. The van der Waals surface area contributed by atoms with Crippen molar-refractivity contribution < 1.29 is 15.0 Å². The summed E-state index contributed by atoms with van der Waals surface area (Å²) in [6.07, 6.45) is 1.16. The van der Waals surface area contributed by atoms with E-state index in [1.165, 1.54) is 0 Å². The first kappa shape index (κ1) is 13.8. The SMILES string of the molecule is CC(C)c1cc(C(=O)O)cc(N2CCC(O)CC2)n1. The van der Waals surface area contributed by atoms with Crippen molar-refractivity contribution >= 4 is 11.8 Å². The Hall–Kier alpha value is -1.62. The first-order valence-electron chi connectivity index (χ1n) is 6.65. The molecule has 104 valence electrons. The maximum absolute atomic E-state index is 11.2. The molecule has 19 heavy (non-hydrogen) atoms. The first-order valence-corrected chi connectivity index (χ1v) is 6.65. The number of aromatic nitrogens is 1. The molecule has 0 bridgehead atoms. The zero-order chi connectivity index (χ0) is 14.0. The molecule has 1 fully saturated rings. The maximum Gasteiger partial charge on any atom is 0.335 e. The van der Waals surface area contributed by atoms with Crippen LogP contribution < -0.4 is 4.90 Å². The van der Waals surface area contributed by atoms with Gasteiger partial charge in [0, 0.05) is 18.8 Å². The van der Waals surface area contributed by atoms with Crippen LogP contribution in [0.3, 0.4) is 0 Å². The Morgan fingerprint density at radius 2 is 2.00 bits per heavy atom. The fourth-order valence-corrected chi connectivity index (χ4v) is 2.21. The number of nitrogens with zero attached hydrogens (tertiary/aromatic N) is 2. The van der Waals surface area contributed by atoms with E-state index in [0.29, 0.717) is 18.7 Å². The largest absolute Gasteiger partial charge is 0.478 e. The van der Waals surface area contributed by atoms with Gasteiger partial charge in [0.2, 0.25) is 0 Å². The monoisotopic (exact) mass is 264 g/mol. The lowest BCUT2D eigenvalue weighted by atomic mass is 10.1. The topological polar surface area (TPSA) is 73.7 Å². The van der Waals surface area contributed by atoms with Crippen LogP contribution >= 0.6 is 0 Å². The fourth-order valence-electron chi connectivity index (χ4n) is 2.21. The lowest BCUT2D eigenvalue weighted by Gasteiger charge is -2.31. The van der Waals surface area contributed by atoms with Gasteiger partial charge in [0.15, 0.2) is 0 Å². The fraction of sp³-hybridized carbons (Fsp3) is 0.571. The Bertz CT molecular complexity index is 466. The third-order valence-electron chi connectivity index (χ3n) is 3.46. The van der Waals surface area contributed by atoms with Gasteiger partial charge in [-0.05, 0) is 30.9 Å². The molecular formula is C14H20N2O3. The van der Waals surface area contributed by atoms with Crippen molar-refractivity contribution in [2.75, 3.05) is 18.0 Å². The molecule has 0 amide bonds. The Morgan fingerprint density at radius 1 is 1.37 bits per heavy atom. The molecule has 1 saturated heterocycles. The van der Waals surface area contributed by atoms with Gasteiger partial charge in [-0.2, -0.15) is 0 Å². The minimum absolute atomic E-state index is 0.188. The van der Waals surface area contributed by atoms with E-state index in [4.69, 9.17) is 5.11 Å². The quantitative estimate of drug-likeness (QED) is 0.871. The van der Waals surface area contributed by atoms with E-state index in [1.54, 1.807) is 12.1 Å². The number of aliphatic hydroxyl groups is 1. The van der Waals surface area contributed by atoms with Crippen molar-refractivity contribution in [1.29, 1.82) is 0 Å². The predicted octanol–water partition coefficient (Wildman–Crippen LogP) is 1.86. The van der Waals surface area contributed by atoms with E-state index in [1.807, 2.05) is 18.7 Å². The van der Waals surface area contributed by atoms with Crippen LogP contribution in [0.4, 0.5) is 5.82 Å². The molecular weight excluding hydrogens is 244 g/mol. The van der Waals surface area contributed by atoms with Crippen LogP contribution in [-0.2, 0) is 0 Å². The molecule has 0 radical (unpaired) electrons. The molecule has 0 aromatic carbocycles. The van der Waals surface area contributed by atoms with Crippen molar-refractivity contribution in [1.82, 2.24) is 4.98 Å². The molecule has 2 heterocycles. The van der Waals surface area contributed by atoms with E-state index in [-0.39, 0.29) is 17.6 Å². The molecule has 1 aliphatic heterocycles. The summed E-state index contributed by atoms with van der Waals surface area (Å²) in [6, 6.07) is 3.25. The molecule has 1 aromatic heterocycles. The molecule has 1 aliphatic rings. The molecule has 0 spiro atoms. The van der Waals surface area contributed by atoms with Crippen molar-refractivity contribution in [2.45, 2.75) is 38.7 Å². The van der Waals surface area contributed by atoms with Gasteiger partial charge in [0.25, 0.3) is 0 Å². The highest BCUT2D eigenvalue weighted by atomic mass is 16.4. The normalized spacial score (nSPS) is 16.9. The van der Waals surface area contributed by atoms with Crippen LogP contribution in [0, 0.1) is 0 Å². The van der Waals surface area contributed by atoms with Gasteiger partial charge in [0.1, 0.15) is 5.82 Å². The van der Waals surface area contributed by atoms with E-state index in [0.717, 1.165) is 18.8 Å². The Morgan fingerprint density at radius 3 is 2.53 bits per heavy atom. The summed E-state index contributed by atoms with van der Waals surface area (Å²) in [4.78, 5) is 17.8. The summed E-state index contributed by atoms with van der Waals surface area (Å²) in [6.45, 7) is 5.43. The second-order valence-electron chi connectivity index (χ2n) is 5.32. The lowest BCUT2D eigenvalue weighted by molar-refractivity contribution is 0.0696. The zero-order valence-electron chi connectivity index (χ0n) is 11.3. The third-order valence-corrected chi connectivity index (χ3v) is 3.46. The van der Waals surface area contributed by atoms with Crippen molar-refractivity contribution in [3.8, 4) is 0 Å². The number of aromatic carboxylic acids is 1. The third kappa shape index (κ3) is 3.23. The Labute approximate surface area is 112 Å². The molecule has 5 heteroatoms. The van der Waals surface area contributed by atoms with Crippen LogP contribution in [0.25, 0.3) is 0 Å². The summed E-state index contributed by atoms with van der Waals surface area (Å²) in [5.41, 5.74) is 1.07. The molecule has 1 aromatic rings. The number of pyridine rings is 1.